The maximum Gasteiger partial charge on any atom is 0.352 e. The first-order valence-electron chi connectivity index (χ1n) is 6.88. The molecule has 2 aromatic rings. The molecule has 0 aliphatic carbocycles. The highest BCUT2D eigenvalue weighted by atomic mass is 32.1. The summed E-state index contributed by atoms with van der Waals surface area (Å²) < 4.78 is 1.83. The maximum atomic E-state index is 12.2. The molecule has 4 rings (SSSR count). The molecule has 0 unspecified atom stereocenters. The van der Waals surface area contributed by atoms with Crippen LogP contribution in [-0.2, 0) is 9.59 Å². The molecule has 1 fully saturated rings. The van der Waals surface area contributed by atoms with E-state index in [1.54, 1.807) is 19.4 Å². The average Bonchev–Trinajstić information content (AvgIpc) is 3.08. The van der Waals surface area contributed by atoms with Crippen LogP contribution in [-0.4, -0.2) is 48.5 Å². The molecule has 2 aliphatic rings. The van der Waals surface area contributed by atoms with Crippen molar-refractivity contribution in [3.8, 4) is 0 Å². The SMILES string of the molecule is C[C@@H](O)[C@H]1C(=O)N2C(C(=O)O)=C(c3csc4cncn34)C[C@H]12. The summed E-state index contributed by atoms with van der Waals surface area (Å²) in [5, 5.41) is 21.2. The Labute approximate surface area is 129 Å². The van der Waals surface area contributed by atoms with Gasteiger partial charge < -0.3 is 15.1 Å². The Bertz CT molecular complexity index is 834. The molecule has 1 amide bonds. The number of carboxylic acid groups (broad SMARTS) is 1. The fourth-order valence-corrected chi connectivity index (χ4v) is 4.31. The number of amides is 1. The van der Waals surface area contributed by atoms with Crippen LogP contribution in [0.25, 0.3) is 10.4 Å². The minimum Gasteiger partial charge on any atom is -0.477 e. The number of aliphatic hydroxyl groups is 1. The molecule has 0 spiro atoms. The number of rotatable bonds is 3. The van der Waals surface area contributed by atoms with E-state index in [1.807, 2.05) is 9.78 Å². The van der Waals surface area contributed by atoms with E-state index >= 15 is 0 Å². The molecule has 1 saturated heterocycles. The number of hydrogen-bond acceptors (Lipinski definition) is 5. The van der Waals surface area contributed by atoms with Crippen molar-refractivity contribution < 1.29 is 19.8 Å². The third kappa shape index (κ3) is 1.56. The summed E-state index contributed by atoms with van der Waals surface area (Å²) in [6.07, 6.45) is 3.01. The third-order valence-electron chi connectivity index (χ3n) is 4.40. The Morgan fingerprint density at radius 2 is 2.32 bits per heavy atom. The van der Waals surface area contributed by atoms with Gasteiger partial charge in [-0.3, -0.25) is 9.20 Å². The second-order valence-electron chi connectivity index (χ2n) is 5.60. The lowest BCUT2D eigenvalue weighted by Gasteiger charge is -2.44. The smallest absolute Gasteiger partial charge is 0.352 e. The lowest BCUT2D eigenvalue weighted by Crippen LogP contribution is -2.61. The number of thiazole rings is 1. The number of carboxylic acids is 1. The summed E-state index contributed by atoms with van der Waals surface area (Å²) in [4.78, 5) is 30.1. The van der Waals surface area contributed by atoms with E-state index in [1.165, 1.54) is 16.2 Å². The zero-order valence-electron chi connectivity index (χ0n) is 11.6. The van der Waals surface area contributed by atoms with Crippen LogP contribution in [0.15, 0.2) is 23.6 Å². The lowest BCUT2D eigenvalue weighted by atomic mass is 9.83. The van der Waals surface area contributed by atoms with E-state index in [0.29, 0.717) is 12.0 Å². The van der Waals surface area contributed by atoms with Gasteiger partial charge in [0.15, 0.2) is 0 Å². The first kappa shape index (κ1) is 13.5. The predicted octanol–water partition coefficient (Wildman–Crippen LogP) is 0.803. The molecule has 4 heterocycles. The number of aliphatic carboxylic acids is 1. The van der Waals surface area contributed by atoms with E-state index in [9.17, 15) is 19.8 Å². The molecule has 8 heteroatoms. The molecule has 0 bridgehead atoms. The second kappa shape index (κ2) is 4.40. The molecule has 0 aromatic carbocycles. The predicted molar refractivity (Wildman–Crippen MR) is 78.0 cm³/mol. The number of fused-ring (bicyclic) bond motifs is 2. The summed E-state index contributed by atoms with van der Waals surface area (Å²) in [7, 11) is 0. The molecule has 0 radical (unpaired) electrons. The quantitative estimate of drug-likeness (QED) is 0.816. The highest BCUT2D eigenvalue weighted by Gasteiger charge is 2.57. The standard InChI is InChI=1S/C14H13N3O4S/c1-6(18)11-8-2-7(12(14(20)21)17(8)13(11)19)9-4-22-10-3-15-5-16(9)10/h3-6,8,11,18H,2H2,1H3,(H,20,21)/t6-,8-,11-/m1/s1. The Hall–Kier alpha value is -2.19. The Kier molecular flexibility index (Phi) is 2.70. The van der Waals surface area contributed by atoms with Crippen LogP contribution in [0, 0.1) is 5.92 Å². The summed E-state index contributed by atoms with van der Waals surface area (Å²) in [6, 6.07) is -0.271. The van der Waals surface area contributed by atoms with Crippen molar-refractivity contribution >= 4 is 33.6 Å². The topological polar surface area (TPSA) is 95.1 Å². The zero-order valence-corrected chi connectivity index (χ0v) is 12.4. The van der Waals surface area contributed by atoms with Crippen molar-refractivity contribution in [1.82, 2.24) is 14.3 Å². The van der Waals surface area contributed by atoms with Crippen molar-refractivity contribution in [2.75, 3.05) is 0 Å². The fourth-order valence-electron chi connectivity index (χ4n) is 3.44. The van der Waals surface area contributed by atoms with Crippen molar-refractivity contribution in [3.05, 3.63) is 29.3 Å². The molecule has 114 valence electrons. The van der Waals surface area contributed by atoms with E-state index in [0.717, 1.165) is 10.5 Å². The lowest BCUT2D eigenvalue weighted by molar-refractivity contribution is -0.161. The van der Waals surface area contributed by atoms with E-state index in [2.05, 4.69) is 4.98 Å². The Morgan fingerprint density at radius 3 is 3.00 bits per heavy atom. The first-order valence-corrected chi connectivity index (χ1v) is 7.76. The highest BCUT2D eigenvalue weighted by molar-refractivity contribution is 7.15. The van der Waals surface area contributed by atoms with Crippen LogP contribution < -0.4 is 0 Å². The third-order valence-corrected chi connectivity index (χ3v) is 5.28. The largest absolute Gasteiger partial charge is 0.477 e. The zero-order chi connectivity index (χ0) is 15.6. The van der Waals surface area contributed by atoms with Gasteiger partial charge in [0, 0.05) is 11.0 Å². The Morgan fingerprint density at radius 1 is 1.55 bits per heavy atom. The van der Waals surface area contributed by atoms with Gasteiger partial charge in [-0.2, -0.15) is 0 Å². The van der Waals surface area contributed by atoms with Crippen molar-refractivity contribution in [1.29, 1.82) is 0 Å². The number of aromatic nitrogens is 2. The van der Waals surface area contributed by atoms with Gasteiger partial charge in [-0.25, -0.2) is 9.78 Å². The van der Waals surface area contributed by atoms with Crippen molar-refractivity contribution in [2.24, 2.45) is 5.92 Å². The van der Waals surface area contributed by atoms with Crippen molar-refractivity contribution in [3.63, 3.8) is 0 Å². The number of nitrogens with zero attached hydrogens (tertiary/aromatic N) is 3. The summed E-state index contributed by atoms with van der Waals surface area (Å²) in [6.45, 7) is 1.57. The normalized spacial score (nSPS) is 25.5. The van der Waals surface area contributed by atoms with Crippen molar-refractivity contribution in [2.45, 2.75) is 25.5 Å². The summed E-state index contributed by atoms with van der Waals surface area (Å²) >= 11 is 1.47. The average molecular weight is 319 g/mol. The maximum absolute atomic E-state index is 12.2. The summed E-state index contributed by atoms with van der Waals surface area (Å²) in [5.74, 6) is -1.96. The van der Waals surface area contributed by atoms with Gasteiger partial charge in [0.25, 0.3) is 0 Å². The number of aliphatic hydroxyl groups excluding tert-OH is 1. The van der Waals surface area contributed by atoms with E-state index in [4.69, 9.17) is 0 Å². The van der Waals surface area contributed by atoms with Gasteiger partial charge in [-0.15, -0.1) is 11.3 Å². The second-order valence-corrected chi connectivity index (χ2v) is 6.49. The van der Waals surface area contributed by atoms with Gasteiger partial charge in [0.2, 0.25) is 5.91 Å². The molecule has 0 saturated carbocycles. The summed E-state index contributed by atoms with van der Waals surface area (Å²) in [5.41, 5.74) is 1.40. The Balaban J connectivity index is 1.84. The number of imidazole rings is 1. The molecule has 22 heavy (non-hydrogen) atoms. The molecule has 2 aliphatic heterocycles. The molecule has 2 aromatic heterocycles. The molecule has 2 N–H and O–H groups in total. The number of hydrogen-bond donors (Lipinski definition) is 2. The van der Waals surface area contributed by atoms with Gasteiger partial charge in [0.1, 0.15) is 16.9 Å². The minimum atomic E-state index is -1.12. The number of β-lactam (4-membered cyclic amide) rings is 1. The highest BCUT2D eigenvalue weighted by Crippen LogP contribution is 2.47. The number of carbonyl (C=O) groups is 2. The molecular weight excluding hydrogens is 306 g/mol. The monoisotopic (exact) mass is 319 g/mol. The van der Waals surface area contributed by atoms with Crippen LogP contribution in [0.5, 0.6) is 0 Å². The van der Waals surface area contributed by atoms with E-state index < -0.39 is 18.0 Å². The van der Waals surface area contributed by atoms with Crippen LogP contribution in [0.1, 0.15) is 19.0 Å². The van der Waals surface area contributed by atoms with Gasteiger partial charge in [-0.05, 0) is 13.3 Å². The van der Waals surface area contributed by atoms with Gasteiger partial charge in [0.05, 0.1) is 30.0 Å². The van der Waals surface area contributed by atoms with Crippen LogP contribution in [0.2, 0.25) is 0 Å². The van der Waals surface area contributed by atoms with Crippen LogP contribution in [0.4, 0.5) is 0 Å². The fraction of sp³-hybridized carbons (Fsp3) is 0.357. The van der Waals surface area contributed by atoms with E-state index in [-0.39, 0.29) is 17.6 Å². The van der Waals surface area contributed by atoms with Gasteiger partial charge in [-0.1, -0.05) is 0 Å². The molecule has 7 nitrogen and oxygen atoms in total. The first-order chi connectivity index (χ1) is 10.5. The van der Waals surface area contributed by atoms with Crippen LogP contribution >= 0.6 is 11.3 Å². The molecule has 3 atom stereocenters. The minimum absolute atomic E-state index is 0.0281. The number of carbonyl (C=O) groups excluding carboxylic acids is 1. The van der Waals surface area contributed by atoms with Crippen LogP contribution in [0.3, 0.4) is 0 Å². The molecular formula is C14H13N3O4S. The van der Waals surface area contributed by atoms with Gasteiger partial charge >= 0.3 is 5.97 Å².